The molecule has 6 nitrogen and oxygen atoms in total. The first-order chi connectivity index (χ1) is 13.9. The van der Waals surface area contributed by atoms with Crippen molar-refractivity contribution in [1.29, 1.82) is 0 Å². The molecule has 1 atom stereocenters. The molecule has 0 bridgehead atoms. The molecular weight excluding hydrogens is 392 g/mol. The van der Waals surface area contributed by atoms with E-state index < -0.39 is 11.9 Å². The van der Waals surface area contributed by atoms with Gasteiger partial charge in [-0.3, -0.25) is 9.69 Å². The lowest BCUT2D eigenvalue weighted by molar-refractivity contribution is -0.123. The normalized spacial score (nSPS) is 16.1. The highest BCUT2D eigenvalue weighted by Crippen LogP contribution is 2.38. The van der Waals surface area contributed by atoms with Gasteiger partial charge in [0.15, 0.2) is 11.5 Å². The number of nitrogens with zero attached hydrogens (tertiary/aromatic N) is 1. The summed E-state index contributed by atoms with van der Waals surface area (Å²) in [4.78, 5) is 26.1. The van der Waals surface area contributed by atoms with Gasteiger partial charge in [-0.25, -0.2) is 4.79 Å². The average Bonchev–Trinajstić information content (AvgIpc) is 2.97. The van der Waals surface area contributed by atoms with Crippen LogP contribution >= 0.6 is 11.6 Å². The van der Waals surface area contributed by atoms with E-state index in [1.54, 1.807) is 18.2 Å². The third-order valence-electron chi connectivity index (χ3n) is 4.60. The van der Waals surface area contributed by atoms with Gasteiger partial charge in [0, 0.05) is 0 Å². The lowest BCUT2D eigenvalue weighted by atomic mass is 10.1. The Hall–Kier alpha value is -2.99. The average molecular weight is 415 g/mol. The van der Waals surface area contributed by atoms with Crippen molar-refractivity contribution in [1.82, 2.24) is 10.2 Å². The van der Waals surface area contributed by atoms with E-state index in [0.717, 1.165) is 12.0 Å². The summed E-state index contributed by atoms with van der Waals surface area (Å²) in [7, 11) is 1.52. The maximum absolute atomic E-state index is 12.7. The highest BCUT2D eigenvalue weighted by atomic mass is 35.5. The van der Waals surface area contributed by atoms with Crippen LogP contribution < -0.4 is 14.8 Å². The summed E-state index contributed by atoms with van der Waals surface area (Å²) in [5, 5.41) is 2.99. The van der Waals surface area contributed by atoms with Crippen molar-refractivity contribution >= 4 is 29.6 Å². The molecule has 0 unspecified atom stereocenters. The summed E-state index contributed by atoms with van der Waals surface area (Å²) in [5.41, 5.74) is 1.67. The van der Waals surface area contributed by atoms with Gasteiger partial charge in [-0.05, 0) is 42.7 Å². The second-order valence-electron chi connectivity index (χ2n) is 6.74. The Labute approximate surface area is 175 Å². The fourth-order valence-electron chi connectivity index (χ4n) is 2.87. The summed E-state index contributed by atoms with van der Waals surface area (Å²) in [5.74, 6) is 0.523. The topological polar surface area (TPSA) is 67.9 Å². The predicted octanol–water partition coefficient (Wildman–Crippen LogP) is 4.62. The summed E-state index contributed by atoms with van der Waals surface area (Å²) in [6.07, 6.45) is 2.38. The van der Waals surface area contributed by atoms with E-state index in [9.17, 15) is 9.59 Å². The molecule has 1 heterocycles. The Morgan fingerprint density at radius 3 is 2.59 bits per heavy atom. The number of carbonyl (C=O) groups is 2. The van der Waals surface area contributed by atoms with Gasteiger partial charge >= 0.3 is 6.03 Å². The van der Waals surface area contributed by atoms with E-state index in [1.165, 1.54) is 12.0 Å². The molecule has 7 heteroatoms. The first-order valence-corrected chi connectivity index (χ1v) is 9.73. The van der Waals surface area contributed by atoms with Crippen molar-refractivity contribution in [3.8, 4) is 11.5 Å². The number of rotatable bonds is 7. The van der Waals surface area contributed by atoms with E-state index in [4.69, 9.17) is 21.1 Å². The molecular formula is C22H23ClN2O4. The maximum Gasteiger partial charge on any atom is 0.329 e. The van der Waals surface area contributed by atoms with Crippen LogP contribution in [0.15, 0.2) is 48.2 Å². The molecule has 1 fully saturated rings. The highest BCUT2D eigenvalue weighted by Gasteiger charge is 2.33. The third kappa shape index (κ3) is 4.71. The van der Waals surface area contributed by atoms with Crippen molar-refractivity contribution in [3.05, 3.63) is 64.3 Å². The lowest BCUT2D eigenvalue weighted by Crippen LogP contribution is -2.30. The van der Waals surface area contributed by atoms with Gasteiger partial charge < -0.3 is 14.8 Å². The number of imide groups is 1. The Kier molecular flexibility index (Phi) is 6.44. The molecule has 2 aromatic rings. The van der Waals surface area contributed by atoms with E-state index in [1.807, 2.05) is 44.2 Å². The molecule has 152 valence electrons. The van der Waals surface area contributed by atoms with Gasteiger partial charge in [-0.2, -0.15) is 0 Å². The number of hydrogen-bond donors (Lipinski definition) is 1. The predicted molar refractivity (Wildman–Crippen MR) is 112 cm³/mol. The summed E-state index contributed by atoms with van der Waals surface area (Å²) in [6.45, 7) is 4.16. The molecule has 1 N–H and O–H groups in total. The number of benzene rings is 2. The Morgan fingerprint density at radius 1 is 1.21 bits per heavy atom. The fraction of sp³-hybridized carbons (Fsp3) is 0.273. The zero-order valence-electron chi connectivity index (χ0n) is 16.6. The first-order valence-electron chi connectivity index (χ1n) is 9.35. The molecule has 1 aliphatic rings. The zero-order chi connectivity index (χ0) is 21.0. The number of urea groups is 1. The van der Waals surface area contributed by atoms with Gasteiger partial charge in [0.25, 0.3) is 5.91 Å². The number of methoxy groups -OCH3 is 1. The van der Waals surface area contributed by atoms with E-state index in [0.29, 0.717) is 22.1 Å². The minimum absolute atomic E-state index is 0.0205. The molecule has 3 rings (SSSR count). The Bertz CT molecular complexity index is 943. The molecule has 2 aromatic carbocycles. The molecule has 0 radical (unpaired) electrons. The smallest absolute Gasteiger partial charge is 0.329 e. The number of carbonyl (C=O) groups excluding carboxylic acids is 2. The minimum atomic E-state index is -0.458. The van der Waals surface area contributed by atoms with E-state index in [-0.39, 0.29) is 18.3 Å². The fourth-order valence-corrected chi connectivity index (χ4v) is 3.13. The number of halogens is 1. The molecule has 0 aliphatic carbocycles. The van der Waals surface area contributed by atoms with Gasteiger partial charge in [0.05, 0.1) is 24.8 Å². The summed E-state index contributed by atoms with van der Waals surface area (Å²) >= 11 is 6.38. The Morgan fingerprint density at radius 2 is 1.93 bits per heavy atom. The zero-order valence-corrected chi connectivity index (χ0v) is 17.3. The first kappa shape index (κ1) is 20.7. The summed E-state index contributed by atoms with van der Waals surface area (Å²) in [6, 6.07) is 12.3. The SMILES string of the molecule is CC[C@@H](C)Oc1c(Cl)cc(/C=C2/NC(=O)N(Cc3ccccc3)C2=O)cc1OC. The van der Waals surface area contributed by atoms with Gasteiger partial charge in [0.2, 0.25) is 0 Å². The van der Waals surface area contributed by atoms with E-state index >= 15 is 0 Å². The van der Waals surface area contributed by atoms with Crippen molar-refractivity contribution < 1.29 is 19.1 Å². The second-order valence-corrected chi connectivity index (χ2v) is 7.14. The highest BCUT2D eigenvalue weighted by molar-refractivity contribution is 6.32. The standard InChI is InChI=1S/C22H23ClN2O4/c1-4-14(2)29-20-17(23)10-16(12-19(20)28-3)11-18-21(26)25(22(27)24-18)13-15-8-6-5-7-9-15/h5-12,14H,4,13H2,1-3H3,(H,24,27)/b18-11+/t14-/m1/s1. The van der Waals surface area contributed by atoms with Crippen molar-refractivity contribution in [2.24, 2.45) is 0 Å². The number of hydrogen-bond acceptors (Lipinski definition) is 4. The van der Waals surface area contributed by atoms with Crippen LogP contribution in [0.2, 0.25) is 5.02 Å². The van der Waals surface area contributed by atoms with Gasteiger partial charge in [-0.1, -0.05) is 48.9 Å². The van der Waals surface area contributed by atoms with Crippen LogP contribution in [0.3, 0.4) is 0 Å². The van der Waals surface area contributed by atoms with E-state index in [2.05, 4.69) is 5.32 Å². The van der Waals surface area contributed by atoms with Gasteiger partial charge in [-0.15, -0.1) is 0 Å². The third-order valence-corrected chi connectivity index (χ3v) is 4.88. The van der Waals surface area contributed by atoms with Crippen molar-refractivity contribution in [2.45, 2.75) is 32.9 Å². The van der Waals surface area contributed by atoms with Crippen LogP contribution in [0, 0.1) is 0 Å². The molecule has 29 heavy (non-hydrogen) atoms. The Balaban J connectivity index is 1.85. The second kappa shape index (κ2) is 9.01. The largest absolute Gasteiger partial charge is 0.493 e. The number of ether oxygens (including phenoxy) is 2. The maximum atomic E-state index is 12.7. The molecule has 3 amide bonds. The van der Waals surface area contributed by atoms with Crippen LogP contribution in [-0.4, -0.2) is 30.1 Å². The molecule has 1 saturated heterocycles. The van der Waals surface area contributed by atoms with Crippen LogP contribution in [0.5, 0.6) is 11.5 Å². The lowest BCUT2D eigenvalue weighted by Gasteiger charge is -2.17. The number of amides is 3. The van der Waals surface area contributed by atoms with Crippen LogP contribution in [0.4, 0.5) is 4.79 Å². The van der Waals surface area contributed by atoms with Crippen molar-refractivity contribution in [2.75, 3.05) is 7.11 Å². The molecule has 0 saturated carbocycles. The molecule has 0 aromatic heterocycles. The quantitative estimate of drug-likeness (QED) is 0.530. The van der Waals surface area contributed by atoms with Crippen molar-refractivity contribution in [3.63, 3.8) is 0 Å². The minimum Gasteiger partial charge on any atom is -0.493 e. The molecule has 0 spiro atoms. The number of nitrogens with one attached hydrogen (secondary N) is 1. The molecule has 1 aliphatic heterocycles. The van der Waals surface area contributed by atoms with Crippen LogP contribution in [0.25, 0.3) is 6.08 Å². The van der Waals surface area contributed by atoms with Crippen LogP contribution in [0.1, 0.15) is 31.4 Å². The van der Waals surface area contributed by atoms with Crippen LogP contribution in [-0.2, 0) is 11.3 Å². The summed E-state index contributed by atoms with van der Waals surface area (Å²) < 4.78 is 11.2. The monoisotopic (exact) mass is 414 g/mol. The van der Waals surface area contributed by atoms with Gasteiger partial charge in [0.1, 0.15) is 5.70 Å².